The Hall–Kier alpha value is -3.63. The van der Waals surface area contributed by atoms with Crippen LogP contribution in [0.25, 0.3) is 5.65 Å². The van der Waals surface area contributed by atoms with E-state index in [-0.39, 0.29) is 30.6 Å². The second kappa shape index (κ2) is 10.3. The molecular weight excluding hydrogens is 531 g/mol. The summed E-state index contributed by atoms with van der Waals surface area (Å²) in [5, 5.41) is 11.9. The van der Waals surface area contributed by atoms with Crippen LogP contribution in [0.3, 0.4) is 0 Å². The molecule has 3 aromatic heterocycles. The van der Waals surface area contributed by atoms with Crippen molar-refractivity contribution in [2.45, 2.75) is 70.1 Å². The number of nitrogens with one attached hydrogen (secondary N) is 3. The Morgan fingerprint density at radius 2 is 1.97 bits per heavy atom. The van der Waals surface area contributed by atoms with Gasteiger partial charge in [0.05, 0.1) is 12.3 Å². The highest BCUT2D eigenvalue weighted by molar-refractivity contribution is 5.67. The zero-order chi connectivity index (χ0) is 27.8. The van der Waals surface area contributed by atoms with Crippen molar-refractivity contribution in [2.75, 3.05) is 5.32 Å². The first kappa shape index (κ1) is 27.4. The third kappa shape index (κ3) is 6.43. The Bertz CT molecular complexity index is 1290. The molecule has 0 spiro atoms. The lowest BCUT2D eigenvalue weighted by Gasteiger charge is -2.16. The number of hydrogen-bond acceptors (Lipinski definition) is 7. The number of anilines is 2. The van der Waals surface area contributed by atoms with Gasteiger partial charge in [-0.05, 0) is 26.7 Å². The highest BCUT2D eigenvalue weighted by atomic mass is 19.4. The second-order valence-corrected chi connectivity index (χ2v) is 8.91. The minimum absolute atomic E-state index is 0.0358. The van der Waals surface area contributed by atoms with Gasteiger partial charge in [-0.2, -0.15) is 18.3 Å². The first-order valence-electron chi connectivity index (χ1n) is 11.3. The molecule has 0 radical (unpaired) electrons. The third-order valence-corrected chi connectivity index (χ3v) is 5.60. The van der Waals surface area contributed by atoms with Crippen molar-refractivity contribution in [3.63, 3.8) is 0 Å². The standard InChI is InChI=1S/C21H22F7N7O3/c1-9(2)30-19(36)38-15-4-10(3-13(15)22)14-5-16(34-33-14)32-18-29-6-12(20(23,24)25)17-31-11(7-35(17)18)8-37-21(26,27)28/h5-7,9-10,13,15H,3-4,8H2,1-2H3,(H,30,36)(H2,29,32,33,34)/t10-,13+,15-/m0/s1. The molecule has 0 aromatic carbocycles. The van der Waals surface area contributed by atoms with Gasteiger partial charge in [-0.1, -0.05) is 0 Å². The average molecular weight is 553 g/mol. The van der Waals surface area contributed by atoms with Crippen LogP contribution in [0.5, 0.6) is 0 Å². The predicted molar refractivity (Wildman–Crippen MR) is 116 cm³/mol. The fourth-order valence-corrected chi connectivity index (χ4v) is 4.00. The van der Waals surface area contributed by atoms with Gasteiger partial charge in [0, 0.05) is 36.1 Å². The first-order valence-corrected chi connectivity index (χ1v) is 11.3. The molecule has 10 nitrogen and oxygen atoms in total. The Morgan fingerprint density at radius 1 is 1.24 bits per heavy atom. The molecule has 17 heteroatoms. The quantitative estimate of drug-likeness (QED) is 0.354. The Kier molecular flexibility index (Phi) is 7.40. The summed E-state index contributed by atoms with van der Waals surface area (Å²) in [6.07, 6.45) is -11.4. The number of alkyl carbamates (subject to hydrolysis) is 1. The van der Waals surface area contributed by atoms with E-state index in [9.17, 15) is 35.5 Å². The number of nitrogens with zero attached hydrogens (tertiary/aromatic N) is 4. The zero-order valence-electron chi connectivity index (χ0n) is 19.8. The van der Waals surface area contributed by atoms with Crippen LogP contribution in [0.2, 0.25) is 0 Å². The Balaban J connectivity index is 1.52. The number of halogens is 7. The molecule has 0 aliphatic heterocycles. The van der Waals surface area contributed by atoms with E-state index in [4.69, 9.17) is 4.74 Å². The van der Waals surface area contributed by atoms with Crippen molar-refractivity contribution < 1.29 is 45.0 Å². The van der Waals surface area contributed by atoms with Crippen LogP contribution in [0, 0.1) is 0 Å². The van der Waals surface area contributed by atoms with Gasteiger partial charge in [-0.25, -0.2) is 19.2 Å². The molecule has 0 saturated heterocycles. The minimum atomic E-state index is -5.01. The number of fused-ring (bicyclic) bond motifs is 1. The number of H-pyrrole nitrogens is 1. The van der Waals surface area contributed by atoms with Gasteiger partial charge in [0.15, 0.2) is 11.5 Å². The number of alkyl halides is 7. The summed E-state index contributed by atoms with van der Waals surface area (Å²) in [5.74, 6) is -0.532. The van der Waals surface area contributed by atoms with Crippen molar-refractivity contribution >= 4 is 23.5 Å². The van der Waals surface area contributed by atoms with Crippen LogP contribution in [-0.4, -0.2) is 55.3 Å². The van der Waals surface area contributed by atoms with E-state index in [2.05, 4.69) is 35.5 Å². The molecule has 3 aromatic rings. The van der Waals surface area contributed by atoms with Crippen LogP contribution in [-0.2, 0) is 22.3 Å². The number of carbonyl (C=O) groups excluding carboxylic acids is 1. The maximum atomic E-state index is 14.5. The Labute approximate surface area is 209 Å². The molecule has 1 amide bonds. The van der Waals surface area contributed by atoms with Gasteiger partial charge in [0.25, 0.3) is 0 Å². The molecule has 4 rings (SSSR count). The zero-order valence-corrected chi connectivity index (χ0v) is 19.8. The molecule has 3 atom stereocenters. The van der Waals surface area contributed by atoms with Gasteiger partial charge >= 0.3 is 18.6 Å². The summed E-state index contributed by atoms with van der Waals surface area (Å²) in [6, 6.07) is 1.29. The monoisotopic (exact) mass is 553 g/mol. The molecule has 1 aliphatic carbocycles. The fourth-order valence-electron chi connectivity index (χ4n) is 4.00. The summed E-state index contributed by atoms with van der Waals surface area (Å²) in [6.45, 7) is 2.34. The van der Waals surface area contributed by atoms with Crippen molar-refractivity contribution in [3.8, 4) is 0 Å². The number of carbonyl (C=O) groups is 1. The van der Waals surface area contributed by atoms with E-state index in [0.717, 1.165) is 10.6 Å². The van der Waals surface area contributed by atoms with E-state index < -0.39 is 60.3 Å². The summed E-state index contributed by atoms with van der Waals surface area (Å²) in [7, 11) is 0. The predicted octanol–water partition coefficient (Wildman–Crippen LogP) is 4.97. The summed E-state index contributed by atoms with van der Waals surface area (Å²) >= 11 is 0. The largest absolute Gasteiger partial charge is 0.522 e. The molecule has 38 heavy (non-hydrogen) atoms. The summed E-state index contributed by atoms with van der Waals surface area (Å²) in [5.41, 5.74) is -1.91. The minimum Gasteiger partial charge on any atom is -0.443 e. The van der Waals surface area contributed by atoms with E-state index in [1.54, 1.807) is 13.8 Å². The topological polar surface area (TPSA) is 118 Å². The molecule has 208 valence electrons. The van der Waals surface area contributed by atoms with E-state index >= 15 is 0 Å². The molecule has 3 N–H and O–H groups in total. The van der Waals surface area contributed by atoms with E-state index in [1.165, 1.54) is 6.07 Å². The van der Waals surface area contributed by atoms with Gasteiger partial charge in [-0.3, -0.25) is 14.2 Å². The molecule has 0 unspecified atom stereocenters. The molecule has 1 saturated carbocycles. The molecule has 3 heterocycles. The average Bonchev–Trinajstić information content (AvgIpc) is 3.49. The molecular formula is C21H22F7N7O3. The van der Waals surface area contributed by atoms with Crippen LogP contribution >= 0.6 is 0 Å². The molecule has 1 fully saturated rings. The van der Waals surface area contributed by atoms with Gasteiger partial charge in [0.2, 0.25) is 5.95 Å². The smallest absolute Gasteiger partial charge is 0.443 e. The lowest BCUT2D eigenvalue weighted by molar-refractivity contribution is -0.330. The maximum absolute atomic E-state index is 14.5. The van der Waals surface area contributed by atoms with E-state index in [0.29, 0.717) is 11.9 Å². The highest BCUT2D eigenvalue weighted by Crippen LogP contribution is 2.38. The molecule has 1 aliphatic rings. The normalized spacial score (nSPS) is 20.3. The van der Waals surface area contributed by atoms with Gasteiger partial charge < -0.3 is 15.4 Å². The van der Waals surface area contributed by atoms with Crippen molar-refractivity contribution in [1.82, 2.24) is 29.9 Å². The van der Waals surface area contributed by atoms with Crippen molar-refractivity contribution in [3.05, 3.63) is 35.4 Å². The number of amides is 1. The first-order chi connectivity index (χ1) is 17.7. The lowest BCUT2D eigenvalue weighted by Crippen LogP contribution is -2.35. The fraction of sp³-hybridized carbons (Fsp3) is 0.524. The SMILES string of the molecule is CC(C)NC(=O)O[C@H]1C[C@@H](c2cc(Nc3ncc(C(F)(F)F)c4nc(COC(F)(F)F)cn34)n[nH]2)C[C@H]1F. The number of aromatic amines is 1. The number of rotatable bonds is 7. The Morgan fingerprint density at radius 3 is 2.63 bits per heavy atom. The number of imidazole rings is 1. The number of hydrogen-bond donors (Lipinski definition) is 3. The van der Waals surface area contributed by atoms with Crippen molar-refractivity contribution in [1.29, 1.82) is 0 Å². The lowest BCUT2D eigenvalue weighted by atomic mass is 10.0. The van der Waals surface area contributed by atoms with Crippen molar-refractivity contribution in [2.24, 2.45) is 0 Å². The van der Waals surface area contributed by atoms with E-state index in [1.807, 2.05) is 0 Å². The van der Waals surface area contributed by atoms with Crippen LogP contribution < -0.4 is 10.6 Å². The van der Waals surface area contributed by atoms with Gasteiger partial charge in [0.1, 0.15) is 17.8 Å². The highest BCUT2D eigenvalue weighted by Gasteiger charge is 2.39. The summed E-state index contributed by atoms with van der Waals surface area (Å²) < 4.78 is 102. The number of ether oxygens (including phenoxy) is 2. The third-order valence-electron chi connectivity index (χ3n) is 5.60. The molecule has 0 bridgehead atoms. The van der Waals surface area contributed by atoms with Crippen LogP contribution in [0.1, 0.15) is 49.6 Å². The summed E-state index contributed by atoms with van der Waals surface area (Å²) in [4.78, 5) is 19.2. The van der Waals surface area contributed by atoms with Crippen LogP contribution in [0.15, 0.2) is 18.5 Å². The van der Waals surface area contributed by atoms with Gasteiger partial charge in [-0.15, -0.1) is 13.2 Å². The second-order valence-electron chi connectivity index (χ2n) is 8.91. The number of aromatic nitrogens is 5. The maximum Gasteiger partial charge on any atom is 0.522 e. The van der Waals surface area contributed by atoms with Crippen LogP contribution in [0.4, 0.5) is 47.3 Å².